The highest BCUT2D eigenvalue weighted by Crippen LogP contribution is 2.14. The van der Waals surface area contributed by atoms with Gasteiger partial charge in [0, 0.05) is 27.6 Å². The minimum absolute atomic E-state index is 0.0784. The molecule has 2 N–H and O–H groups in total. The van der Waals surface area contributed by atoms with Crippen LogP contribution < -0.4 is 10.6 Å². The summed E-state index contributed by atoms with van der Waals surface area (Å²) in [5.74, 6) is 0.607. The summed E-state index contributed by atoms with van der Waals surface area (Å²) in [6, 6.07) is 7.79. The normalized spacial score (nSPS) is 17.4. The van der Waals surface area contributed by atoms with Crippen LogP contribution in [-0.4, -0.2) is 35.0 Å². The minimum Gasteiger partial charge on any atom is -0.353 e. The van der Waals surface area contributed by atoms with E-state index < -0.39 is 10.8 Å². The van der Waals surface area contributed by atoms with Gasteiger partial charge in [0.25, 0.3) is 0 Å². The summed E-state index contributed by atoms with van der Waals surface area (Å²) in [7, 11) is -1.03. The second kappa shape index (κ2) is 8.66. The Morgan fingerprint density at radius 1 is 1.29 bits per heavy atom. The van der Waals surface area contributed by atoms with Crippen molar-refractivity contribution in [2.45, 2.75) is 36.6 Å². The SMILES string of the molecule is O=C(CCCS(=O)c1ccc(Br)cc1)NC1CCNCC1. The molecule has 2 rings (SSSR count). The summed E-state index contributed by atoms with van der Waals surface area (Å²) in [5.41, 5.74) is 0. The standard InChI is InChI=1S/C15H21BrN2O2S/c16-12-3-5-14(6-4-12)21(20)11-1-2-15(19)18-13-7-9-17-10-8-13/h3-6,13,17H,1-2,7-11H2,(H,18,19). The van der Waals surface area contributed by atoms with Gasteiger partial charge >= 0.3 is 0 Å². The van der Waals surface area contributed by atoms with Crippen molar-refractivity contribution in [1.29, 1.82) is 0 Å². The van der Waals surface area contributed by atoms with Gasteiger partial charge in [-0.3, -0.25) is 9.00 Å². The molecule has 0 spiro atoms. The van der Waals surface area contributed by atoms with Gasteiger partial charge in [0.2, 0.25) is 5.91 Å². The molecule has 1 amide bonds. The van der Waals surface area contributed by atoms with Crippen LogP contribution in [0.5, 0.6) is 0 Å². The van der Waals surface area contributed by atoms with E-state index >= 15 is 0 Å². The molecular weight excluding hydrogens is 352 g/mol. The fraction of sp³-hybridized carbons (Fsp3) is 0.533. The maximum Gasteiger partial charge on any atom is 0.220 e. The highest BCUT2D eigenvalue weighted by molar-refractivity contribution is 9.10. The van der Waals surface area contributed by atoms with Crippen molar-refractivity contribution in [3.63, 3.8) is 0 Å². The van der Waals surface area contributed by atoms with E-state index in [4.69, 9.17) is 0 Å². The van der Waals surface area contributed by atoms with Gasteiger partial charge in [0.15, 0.2) is 0 Å². The van der Waals surface area contributed by atoms with Crippen LogP contribution in [0, 0.1) is 0 Å². The van der Waals surface area contributed by atoms with Crippen molar-refractivity contribution in [1.82, 2.24) is 10.6 Å². The van der Waals surface area contributed by atoms with Gasteiger partial charge in [-0.15, -0.1) is 0 Å². The molecule has 4 nitrogen and oxygen atoms in total. The molecule has 116 valence electrons. The number of piperidine rings is 1. The van der Waals surface area contributed by atoms with E-state index in [1.54, 1.807) is 0 Å². The summed E-state index contributed by atoms with van der Waals surface area (Å²) in [6.07, 6.45) is 3.10. The molecule has 1 heterocycles. The van der Waals surface area contributed by atoms with Crippen LogP contribution in [0.25, 0.3) is 0 Å². The first-order valence-electron chi connectivity index (χ1n) is 7.29. The first kappa shape index (κ1) is 16.6. The molecule has 0 aliphatic carbocycles. The fourth-order valence-corrected chi connectivity index (χ4v) is 3.68. The van der Waals surface area contributed by atoms with Crippen molar-refractivity contribution in [2.75, 3.05) is 18.8 Å². The van der Waals surface area contributed by atoms with E-state index in [1.807, 2.05) is 24.3 Å². The zero-order valence-electron chi connectivity index (χ0n) is 11.9. The molecule has 1 saturated heterocycles. The Balaban J connectivity index is 1.67. The van der Waals surface area contributed by atoms with Crippen LogP contribution >= 0.6 is 15.9 Å². The maximum atomic E-state index is 12.1. The molecule has 1 aliphatic rings. The Labute approximate surface area is 136 Å². The van der Waals surface area contributed by atoms with Crippen LogP contribution in [0.15, 0.2) is 33.6 Å². The number of carbonyl (C=O) groups is 1. The number of benzene rings is 1. The fourth-order valence-electron chi connectivity index (χ4n) is 2.33. The number of rotatable bonds is 6. The van der Waals surface area contributed by atoms with Gasteiger partial charge in [-0.25, -0.2) is 0 Å². The minimum atomic E-state index is -1.03. The Bertz CT molecular complexity index is 487. The number of hydrogen-bond donors (Lipinski definition) is 2. The largest absolute Gasteiger partial charge is 0.353 e. The molecule has 1 fully saturated rings. The molecule has 1 atom stereocenters. The molecular formula is C15H21BrN2O2S. The smallest absolute Gasteiger partial charge is 0.220 e. The molecule has 21 heavy (non-hydrogen) atoms. The third kappa shape index (κ3) is 5.88. The number of carbonyl (C=O) groups excluding carboxylic acids is 1. The maximum absolute atomic E-state index is 12.1. The van der Waals surface area contributed by atoms with Crippen molar-refractivity contribution < 1.29 is 9.00 Å². The highest BCUT2D eigenvalue weighted by atomic mass is 79.9. The molecule has 6 heteroatoms. The summed E-state index contributed by atoms with van der Waals surface area (Å²) in [4.78, 5) is 12.7. The zero-order valence-corrected chi connectivity index (χ0v) is 14.3. The Morgan fingerprint density at radius 3 is 2.62 bits per heavy atom. The predicted molar refractivity (Wildman–Crippen MR) is 88.7 cm³/mol. The molecule has 1 aromatic rings. The number of hydrogen-bond acceptors (Lipinski definition) is 3. The highest BCUT2D eigenvalue weighted by Gasteiger charge is 2.15. The Hall–Kier alpha value is -0.720. The lowest BCUT2D eigenvalue weighted by Gasteiger charge is -2.23. The van der Waals surface area contributed by atoms with Crippen molar-refractivity contribution >= 4 is 32.6 Å². The lowest BCUT2D eigenvalue weighted by molar-refractivity contribution is -0.121. The van der Waals surface area contributed by atoms with Gasteiger partial charge in [-0.2, -0.15) is 0 Å². The number of halogens is 1. The van der Waals surface area contributed by atoms with Gasteiger partial charge < -0.3 is 10.6 Å². The Kier molecular flexibility index (Phi) is 6.86. The van der Waals surface area contributed by atoms with E-state index in [-0.39, 0.29) is 5.91 Å². The average Bonchev–Trinajstić information content (AvgIpc) is 2.49. The summed E-state index contributed by atoms with van der Waals surface area (Å²) in [5, 5.41) is 6.33. The van der Waals surface area contributed by atoms with Gasteiger partial charge in [0.1, 0.15) is 0 Å². The van der Waals surface area contributed by atoms with Crippen LogP contribution in [0.3, 0.4) is 0 Å². The third-order valence-electron chi connectivity index (χ3n) is 3.51. The van der Waals surface area contributed by atoms with Crippen molar-refractivity contribution in [3.8, 4) is 0 Å². The van der Waals surface area contributed by atoms with E-state index in [0.29, 0.717) is 24.6 Å². The van der Waals surface area contributed by atoms with E-state index in [1.165, 1.54) is 0 Å². The van der Waals surface area contributed by atoms with E-state index in [9.17, 15) is 9.00 Å². The van der Waals surface area contributed by atoms with E-state index in [2.05, 4.69) is 26.6 Å². The first-order valence-corrected chi connectivity index (χ1v) is 9.40. The van der Waals surface area contributed by atoms with E-state index in [0.717, 1.165) is 35.3 Å². The van der Waals surface area contributed by atoms with Gasteiger partial charge in [-0.05, 0) is 56.6 Å². The molecule has 0 radical (unpaired) electrons. The number of nitrogens with one attached hydrogen (secondary N) is 2. The summed E-state index contributed by atoms with van der Waals surface area (Å²) in [6.45, 7) is 1.94. The lowest BCUT2D eigenvalue weighted by atomic mass is 10.1. The average molecular weight is 373 g/mol. The second-order valence-electron chi connectivity index (χ2n) is 5.20. The summed E-state index contributed by atoms with van der Waals surface area (Å²) < 4.78 is 13.1. The monoisotopic (exact) mass is 372 g/mol. The topological polar surface area (TPSA) is 58.2 Å². The van der Waals surface area contributed by atoms with Gasteiger partial charge in [-0.1, -0.05) is 15.9 Å². The molecule has 1 aromatic carbocycles. The molecule has 1 unspecified atom stereocenters. The molecule has 0 aromatic heterocycles. The Morgan fingerprint density at radius 2 is 1.95 bits per heavy atom. The predicted octanol–water partition coefficient (Wildman–Crippen LogP) is 2.21. The quantitative estimate of drug-likeness (QED) is 0.804. The summed E-state index contributed by atoms with van der Waals surface area (Å²) >= 11 is 3.36. The van der Waals surface area contributed by atoms with Crippen LogP contribution in [-0.2, 0) is 15.6 Å². The molecule has 0 bridgehead atoms. The van der Waals surface area contributed by atoms with Crippen molar-refractivity contribution in [2.24, 2.45) is 0 Å². The van der Waals surface area contributed by atoms with Crippen LogP contribution in [0.4, 0.5) is 0 Å². The van der Waals surface area contributed by atoms with Crippen LogP contribution in [0.2, 0.25) is 0 Å². The number of amides is 1. The molecule has 0 saturated carbocycles. The van der Waals surface area contributed by atoms with Crippen molar-refractivity contribution in [3.05, 3.63) is 28.7 Å². The van der Waals surface area contributed by atoms with Gasteiger partial charge in [0.05, 0.1) is 10.8 Å². The first-order chi connectivity index (χ1) is 10.1. The molecule has 1 aliphatic heterocycles. The lowest BCUT2D eigenvalue weighted by Crippen LogP contribution is -2.42. The second-order valence-corrected chi connectivity index (χ2v) is 7.69. The third-order valence-corrected chi connectivity index (χ3v) is 5.50. The van der Waals surface area contributed by atoms with Crippen LogP contribution in [0.1, 0.15) is 25.7 Å². The zero-order chi connectivity index (χ0) is 15.1.